The molecule has 10 heteroatoms. The van der Waals surface area contributed by atoms with Crippen molar-refractivity contribution in [1.82, 2.24) is 19.9 Å². The molecular formula is C14H12N6O4. The van der Waals surface area contributed by atoms with Crippen molar-refractivity contribution in [2.24, 2.45) is 0 Å². The lowest BCUT2D eigenvalue weighted by molar-refractivity contribution is -0.389. The first-order valence-corrected chi connectivity index (χ1v) is 6.94. The minimum atomic E-state index is -0.594. The summed E-state index contributed by atoms with van der Waals surface area (Å²) in [6.45, 7) is 0.0845. The highest BCUT2D eigenvalue weighted by molar-refractivity contribution is 5.91. The van der Waals surface area contributed by atoms with Crippen LogP contribution in [0.25, 0.3) is 0 Å². The number of aromatic nitrogens is 4. The Morgan fingerprint density at radius 3 is 2.79 bits per heavy atom. The highest BCUT2D eigenvalue weighted by Crippen LogP contribution is 2.09. The number of hydrogen-bond donors (Lipinski definition) is 1. The molecule has 0 bridgehead atoms. The number of para-hydroxylation sites is 1. The Balaban J connectivity index is 1.58. The smallest absolute Gasteiger partial charge is 0.358 e. The SMILES string of the molecule is O=C(Cc1noc(Cn2ccc([N+](=O)[O-])n2)n1)Nc1ccccc1. The molecule has 24 heavy (non-hydrogen) atoms. The number of carbonyl (C=O) groups excluding carboxylic acids is 1. The number of nitrogens with zero attached hydrogens (tertiary/aromatic N) is 5. The predicted molar refractivity (Wildman–Crippen MR) is 81.1 cm³/mol. The van der Waals surface area contributed by atoms with E-state index >= 15 is 0 Å². The van der Waals surface area contributed by atoms with Crippen LogP contribution in [0.1, 0.15) is 11.7 Å². The molecule has 3 rings (SSSR count). The van der Waals surface area contributed by atoms with Crippen LogP contribution in [0.4, 0.5) is 11.5 Å². The molecule has 122 valence electrons. The van der Waals surface area contributed by atoms with Gasteiger partial charge in [-0.3, -0.25) is 4.79 Å². The minimum absolute atomic E-state index is 0.0440. The van der Waals surface area contributed by atoms with Crippen LogP contribution < -0.4 is 5.32 Å². The lowest BCUT2D eigenvalue weighted by atomic mass is 10.3. The topological polar surface area (TPSA) is 129 Å². The van der Waals surface area contributed by atoms with Gasteiger partial charge in [-0.15, -0.1) is 0 Å². The maximum Gasteiger partial charge on any atom is 0.389 e. The number of nitro groups is 1. The normalized spacial score (nSPS) is 10.5. The number of nitrogens with one attached hydrogen (secondary N) is 1. The first-order valence-electron chi connectivity index (χ1n) is 6.94. The molecule has 0 aliphatic heterocycles. The molecule has 0 unspecified atom stereocenters. The van der Waals surface area contributed by atoms with E-state index in [4.69, 9.17) is 4.52 Å². The van der Waals surface area contributed by atoms with E-state index in [2.05, 4.69) is 20.6 Å². The lowest BCUT2D eigenvalue weighted by Gasteiger charge is -2.01. The fourth-order valence-corrected chi connectivity index (χ4v) is 1.97. The fraction of sp³-hybridized carbons (Fsp3) is 0.143. The van der Waals surface area contributed by atoms with Crippen molar-refractivity contribution in [3.05, 3.63) is 64.4 Å². The van der Waals surface area contributed by atoms with E-state index in [1.807, 2.05) is 18.2 Å². The fourth-order valence-electron chi connectivity index (χ4n) is 1.97. The van der Waals surface area contributed by atoms with E-state index in [0.717, 1.165) is 0 Å². The van der Waals surface area contributed by atoms with Crippen LogP contribution in [-0.2, 0) is 17.8 Å². The van der Waals surface area contributed by atoms with Crippen LogP contribution in [0.2, 0.25) is 0 Å². The van der Waals surface area contributed by atoms with E-state index in [1.54, 1.807) is 12.1 Å². The minimum Gasteiger partial charge on any atom is -0.358 e. The Labute approximate surface area is 135 Å². The molecule has 1 aromatic carbocycles. The second kappa shape index (κ2) is 6.69. The zero-order valence-corrected chi connectivity index (χ0v) is 12.3. The van der Waals surface area contributed by atoms with Crippen molar-refractivity contribution in [1.29, 1.82) is 0 Å². The third-order valence-corrected chi connectivity index (χ3v) is 3.00. The Hall–Kier alpha value is -3.56. The van der Waals surface area contributed by atoms with Crippen LogP contribution in [0.3, 0.4) is 0 Å². The molecular weight excluding hydrogens is 316 g/mol. The van der Waals surface area contributed by atoms with E-state index in [1.165, 1.54) is 16.9 Å². The average Bonchev–Trinajstić information content (AvgIpc) is 3.18. The van der Waals surface area contributed by atoms with Gasteiger partial charge in [0.25, 0.3) is 0 Å². The van der Waals surface area contributed by atoms with Gasteiger partial charge in [0, 0.05) is 5.69 Å². The Morgan fingerprint density at radius 2 is 2.08 bits per heavy atom. The van der Waals surface area contributed by atoms with Gasteiger partial charge < -0.3 is 20.0 Å². The molecule has 0 radical (unpaired) electrons. The maximum atomic E-state index is 11.9. The quantitative estimate of drug-likeness (QED) is 0.535. The van der Waals surface area contributed by atoms with Gasteiger partial charge in [-0.1, -0.05) is 23.4 Å². The highest BCUT2D eigenvalue weighted by atomic mass is 16.6. The van der Waals surface area contributed by atoms with Crippen LogP contribution >= 0.6 is 0 Å². The summed E-state index contributed by atoms with van der Waals surface area (Å²) >= 11 is 0. The van der Waals surface area contributed by atoms with Crippen LogP contribution in [-0.4, -0.2) is 30.8 Å². The van der Waals surface area contributed by atoms with E-state index < -0.39 is 4.92 Å². The largest absolute Gasteiger partial charge is 0.389 e. The van der Waals surface area contributed by atoms with Crippen molar-refractivity contribution in [3.63, 3.8) is 0 Å². The molecule has 0 aliphatic carbocycles. The zero-order chi connectivity index (χ0) is 16.9. The van der Waals surface area contributed by atoms with E-state index in [0.29, 0.717) is 5.69 Å². The lowest BCUT2D eigenvalue weighted by Crippen LogP contribution is -2.15. The van der Waals surface area contributed by atoms with Crippen molar-refractivity contribution in [2.45, 2.75) is 13.0 Å². The molecule has 0 saturated carbocycles. The van der Waals surface area contributed by atoms with Gasteiger partial charge in [-0.05, 0) is 17.1 Å². The number of amides is 1. The monoisotopic (exact) mass is 328 g/mol. The maximum absolute atomic E-state index is 11.9. The number of rotatable bonds is 6. The molecule has 2 heterocycles. The third kappa shape index (κ3) is 3.80. The van der Waals surface area contributed by atoms with Gasteiger partial charge in [0.15, 0.2) is 5.82 Å². The summed E-state index contributed by atoms with van der Waals surface area (Å²) in [5, 5.41) is 20.7. The van der Waals surface area contributed by atoms with E-state index in [-0.39, 0.29) is 36.4 Å². The number of benzene rings is 1. The summed E-state index contributed by atoms with van der Waals surface area (Å²) < 4.78 is 6.32. The molecule has 0 atom stereocenters. The van der Waals surface area contributed by atoms with Crippen molar-refractivity contribution in [2.75, 3.05) is 5.32 Å². The van der Waals surface area contributed by atoms with Crippen molar-refractivity contribution >= 4 is 17.4 Å². The molecule has 10 nitrogen and oxygen atoms in total. The molecule has 2 aromatic heterocycles. The van der Waals surface area contributed by atoms with Gasteiger partial charge in [0.05, 0.1) is 23.8 Å². The first-order chi connectivity index (χ1) is 11.6. The summed E-state index contributed by atoms with van der Waals surface area (Å²) in [6, 6.07) is 10.3. The second-order valence-corrected chi connectivity index (χ2v) is 4.82. The number of anilines is 1. The summed E-state index contributed by atoms with van der Waals surface area (Å²) in [5.74, 6) is -0.115. The number of hydrogen-bond acceptors (Lipinski definition) is 7. The molecule has 3 aromatic rings. The summed E-state index contributed by atoms with van der Waals surface area (Å²) in [4.78, 5) is 26.0. The molecule has 0 saturated heterocycles. The predicted octanol–water partition coefficient (Wildman–Crippen LogP) is 1.40. The van der Waals surface area contributed by atoms with Crippen molar-refractivity contribution in [3.8, 4) is 0 Å². The van der Waals surface area contributed by atoms with Gasteiger partial charge in [0.1, 0.15) is 6.54 Å². The highest BCUT2D eigenvalue weighted by Gasteiger charge is 2.15. The molecule has 0 spiro atoms. The molecule has 1 amide bonds. The van der Waals surface area contributed by atoms with Crippen molar-refractivity contribution < 1.29 is 14.2 Å². The van der Waals surface area contributed by atoms with Gasteiger partial charge in [0.2, 0.25) is 11.8 Å². The Kier molecular flexibility index (Phi) is 4.27. The Bertz CT molecular complexity index is 857. The molecule has 1 N–H and O–H groups in total. The van der Waals surface area contributed by atoms with Crippen LogP contribution in [0.15, 0.2) is 47.1 Å². The summed E-state index contributed by atoms with van der Waals surface area (Å²) in [7, 11) is 0. The Morgan fingerprint density at radius 1 is 1.29 bits per heavy atom. The average molecular weight is 328 g/mol. The van der Waals surface area contributed by atoms with Crippen LogP contribution in [0, 0.1) is 10.1 Å². The van der Waals surface area contributed by atoms with Crippen LogP contribution in [0.5, 0.6) is 0 Å². The van der Waals surface area contributed by atoms with Gasteiger partial charge >= 0.3 is 5.82 Å². The standard InChI is InChI=1S/C14H12N6O4/c21-13(15-10-4-2-1-3-5-10)8-11-16-14(24-18-11)9-19-7-6-12(17-19)20(22)23/h1-7H,8-9H2,(H,15,21). The van der Waals surface area contributed by atoms with Gasteiger partial charge in [-0.25, -0.2) is 0 Å². The summed E-state index contributed by atoms with van der Waals surface area (Å²) in [6.07, 6.45) is 1.39. The number of carbonyl (C=O) groups is 1. The second-order valence-electron chi connectivity index (χ2n) is 4.82. The first kappa shape index (κ1) is 15.3. The zero-order valence-electron chi connectivity index (χ0n) is 12.3. The van der Waals surface area contributed by atoms with E-state index in [9.17, 15) is 14.9 Å². The van der Waals surface area contributed by atoms with Gasteiger partial charge in [-0.2, -0.15) is 9.67 Å². The third-order valence-electron chi connectivity index (χ3n) is 3.00. The molecule has 0 fully saturated rings. The molecule has 0 aliphatic rings. The summed E-state index contributed by atoms with van der Waals surface area (Å²) in [5.41, 5.74) is 0.676.